The third-order valence-electron chi connectivity index (χ3n) is 5.15. The summed E-state index contributed by atoms with van der Waals surface area (Å²) in [7, 11) is 0. The Balaban J connectivity index is 1.85. The molecule has 4 atom stereocenters. The number of likely N-dealkylation sites (tertiary alicyclic amines) is 1. The molecule has 1 aliphatic heterocycles. The van der Waals surface area contributed by atoms with E-state index in [0.29, 0.717) is 6.04 Å². The van der Waals surface area contributed by atoms with Crippen molar-refractivity contribution in [2.24, 2.45) is 11.8 Å². The SMILES string of the molecule is CCNC(C)C1CCCN(C2CCCC(C)C2)C1. The second kappa shape index (κ2) is 6.91. The van der Waals surface area contributed by atoms with Crippen LogP contribution in [0.4, 0.5) is 0 Å². The molecule has 0 aromatic heterocycles. The average Bonchev–Trinajstić information content (AvgIpc) is 2.39. The van der Waals surface area contributed by atoms with Gasteiger partial charge in [0, 0.05) is 18.6 Å². The normalized spacial score (nSPS) is 36.5. The van der Waals surface area contributed by atoms with E-state index in [1.165, 1.54) is 51.6 Å². The smallest absolute Gasteiger partial charge is 0.00979 e. The van der Waals surface area contributed by atoms with Crippen LogP contribution in [0.1, 0.15) is 59.3 Å². The van der Waals surface area contributed by atoms with E-state index in [1.54, 1.807) is 0 Å². The van der Waals surface area contributed by atoms with Crippen LogP contribution in [0, 0.1) is 11.8 Å². The third-order valence-corrected chi connectivity index (χ3v) is 5.15. The fraction of sp³-hybridized carbons (Fsp3) is 1.00. The third kappa shape index (κ3) is 3.71. The second-order valence-corrected chi connectivity index (χ2v) is 6.67. The van der Waals surface area contributed by atoms with E-state index in [4.69, 9.17) is 0 Å². The molecule has 0 radical (unpaired) electrons. The molecule has 1 aliphatic carbocycles. The molecule has 2 aliphatic rings. The Bertz CT molecular complexity index is 241. The van der Waals surface area contributed by atoms with Crippen molar-refractivity contribution < 1.29 is 0 Å². The molecule has 2 rings (SSSR count). The van der Waals surface area contributed by atoms with E-state index >= 15 is 0 Å². The molecule has 18 heavy (non-hydrogen) atoms. The van der Waals surface area contributed by atoms with Crippen LogP contribution in [0.2, 0.25) is 0 Å². The summed E-state index contributed by atoms with van der Waals surface area (Å²) in [5.74, 6) is 1.83. The van der Waals surface area contributed by atoms with Crippen molar-refractivity contribution in [1.82, 2.24) is 10.2 Å². The number of rotatable bonds is 4. The molecule has 0 aromatic rings. The van der Waals surface area contributed by atoms with Crippen LogP contribution < -0.4 is 5.32 Å². The van der Waals surface area contributed by atoms with Gasteiger partial charge in [-0.05, 0) is 57.5 Å². The second-order valence-electron chi connectivity index (χ2n) is 6.67. The van der Waals surface area contributed by atoms with Crippen molar-refractivity contribution in [3.8, 4) is 0 Å². The summed E-state index contributed by atoms with van der Waals surface area (Å²) in [5.41, 5.74) is 0. The molecule has 0 aromatic carbocycles. The molecule has 0 spiro atoms. The molecule has 2 heteroatoms. The number of nitrogens with one attached hydrogen (secondary N) is 1. The number of hydrogen-bond donors (Lipinski definition) is 1. The zero-order chi connectivity index (χ0) is 13.0. The van der Waals surface area contributed by atoms with Gasteiger partial charge in [-0.15, -0.1) is 0 Å². The highest BCUT2D eigenvalue weighted by Gasteiger charge is 2.30. The van der Waals surface area contributed by atoms with Crippen LogP contribution in [0.3, 0.4) is 0 Å². The summed E-state index contributed by atoms with van der Waals surface area (Å²) >= 11 is 0. The van der Waals surface area contributed by atoms with Crippen molar-refractivity contribution in [3.05, 3.63) is 0 Å². The maximum absolute atomic E-state index is 3.62. The first kappa shape index (κ1) is 14.3. The molecule has 1 heterocycles. The maximum Gasteiger partial charge on any atom is 0.00979 e. The standard InChI is InChI=1S/C16H32N2/c1-4-17-14(3)15-8-6-10-18(12-15)16-9-5-7-13(2)11-16/h13-17H,4-12H2,1-3H3. The first-order chi connectivity index (χ1) is 8.70. The van der Waals surface area contributed by atoms with Gasteiger partial charge in [0.05, 0.1) is 0 Å². The zero-order valence-electron chi connectivity index (χ0n) is 12.6. The Morgan fingerprint density at radius 2 is 2.06 bits per heavy atom. The quantitative estimate of drug-likeness (QED) is 0.826. The first-order valence-electron chi connectivity index (χ1n) is 8.18. The predicted octanol–water partition coefficient (Wildman–Crippen LogP) is 3.28. The van der Waals surface area contributed by atoms with Gasteiger partial charge < -0.3 is 10.2 Å². The molecule has 0 bridgehead atoms. The van der Waals surface area contributed by atoms with E-state index in [0.717, 1.165) is 24.4 Å². The van der Waals surface area contributed by atoms with E-state index in [9.17, 15) is 0 Å². The molecule has 0 amide bonds. The minimum atomic E-state index is 0.693. The maximum atomic E-state index is 3.62. The molecular weight excluding hydrogens is 220 g/mol. The van der Waals surface area contributed by atoms with Crippen LogP contribution in [0.5, 0.6) is 0 Å². The minimum absolute atomic E-state index is 0.693. The molecule has 1 saturated heterocycles. The summed E-state index contributed by atoms with van der Waals surface area (Å²) in [4.78, 5) is 2.82. The molecular formula is C16H32N2. The number of piperidine rings is 1. The van der Waals surface area contributed by atoms with Gasteiger partial charge in [0.15, 0.2) is 0 Å². The Labute approximate surface area is 114 Å². The molecule has 1 saturated carbocycles. The Kier molecular flexibility index (Phi) is 5.50. The van der Waals surface area contributed by atoms with E-state index in [2.05, 4.69) is 31.0 Å². The summed E-state index contributed by atoms with van der Waals surface area (Å²) in [6.07, 6.45) is 8.64. The molecule has 4 unspecified atom stereocenters. The van der Waals surface area contributed by atoms with E-state index in [-0.39, 0.29) is 0 Å². The van der Waals surface area contributed by atoms with Gasteiger partial charge in [-0.3, -0.25) is 0 Å². The fourth-order valence-electron chi connectivity index (χ4n) is 4.00. The summed E-state index contributed by atoms with van der Waals surface area (Å²) in [6.45, 7) is 10.8. The Morgan fingerprint density at radius 1 is 1.22 bits per heavy atom. The van der Waals surface area contributed by atoms with Crippen molar-refractivity contribution in [3.63, 3.8) is 0 Å². The van der Waals surface area contributed by atoms with E-state index < -0.39 is 0 Å². The number of hydrogen-bond acceptors (Lipinski definition) is 2. The van der Waals surface area contributed by atoms with Crippen LogP contribution in [-0.2, 0) is 0 Å². The highest BCUT2D eigenvalue weighted by molar-refractivity contribution is 4.86. The average molecular weight is 252 g/mol. The largest absolute Gasteiger partial charge is 0.314 e. The van der Waals surface area contributed by atoms with Gasteiger partial charge in [0.2, 0.25) is 0 Å². The van der Waals surface area contributed by atoms with Crippen molar-refractivity contribution in [2.75, 3.05) is 19.6 Å². The van der Waals surface area contributed by atoms with E-state index in [1.807, 2.05) is 0 Å². The van der Waals surface area contributed by atoms with Gasteiger partial charge in [-0.25, -0.2) is 0 Å². The highest BCUT2D eigenvalue weighted by Crippen LogP contribution is 2.30. The Morgan fingerprint density at radius 3 is 2.78 bits per heavy atom. The van der Waals surface area contributed by atoms with Crippen LogP contribution in [-0.4, -0.2) is 36.6 Å². The van der Waals surface area contributed by atoms with Gasteiger partial charge in [0.1, 0.15) is 0 Å². The fourth-order valence-corrected chi connectivity index (χ4v) is 4.00. The summed E-state index contributed by atoms with van der Waals surface area (Å²) in [5, 5.41) is 3.62. The lowest BCUT2D eigenvalue weighted by atomic mass is 9.83. The van der Waals surface area contributed by atoms with Crippen molar-refractivity contribution in [1.29, 1.82) is 0 Å². The van der Waals surface area contributed by atoms with Gasteiger partial charge in [-0.2, -0.15) is 0 Å². The van der Waals surface area contributed by atoms with Crippen LogP contribution >= 0.6 is 0 Å². The van der Waals surface area contributed by atoms with Crippen molar-refractivity contribution in [2.45, 2.75) is 71.4 Å². The highest BCUT2D eigenvalue weighted by atomic mass is 15.2. The van der Waals surface area contributed by atoms with Gasteiger partial charge in [0.25, 0.3) is 0 Å². The first-order valence-corrected chi connectivity index (χ1v) is 8.18. The lowest BCUT2D eigenvalue weighted by Gasteiger charge is -2.43. The molecule has 1 N–H and O–H groups in total. The lowest BCUT2D eigenvalue weighted by molar-refractivity contribution is 0.0749. The Hall–Kier alpha value is -0.0800. The minimum Gasteiger partial charge on any atom is -0.314 e. The topological polar surface area (TPSA) is 15.3 Å². The van der Waals surface area contributed by atoms with Crippen LogP contribution in [0.15, 0.2) is 0 Å². The summed E-state index contributed by atoms with van der Waals surface area (Å²) < 4.78 is 0. The lowest BCUT2D eigenvalue weighted by Crippen LogP contribution is -2.49. The molecule has 106 valence electrons. The van der Waals surface area contributed by atoms with Gasteiger partial charge in [-0.1, -0.05) is 26.7 Å². The molecule has 2 nitrogen and oxygen atoms in total. The number of nitrogens with zero attached hydrogens (tertiary/aromatic N) is 1. The monoisotopic (exact) mass is 252 g/mol. The van der Waals surface area contributed by atoms with Crippen LogP contribution in [0.25, 0.3) is 0 Å². The van der Waals surface area contributed by atoms with Crippen molar-refractivity contribution >= 4 is 0 Å². The predicted molar refractivity (Wildman–Crippen MR) is 78.9 cm³/mol. The molecule has 2 fully saturated rings. The summed E-state index contributed by atoms with van der Waals surface area (Å²) in [6, 6.07) is 1.59. The zero-order valence-corrected chi connectivity index (χ0v) is 12.6. The van der Waals surface area contributed by atoms with Gasteiger partial charge >= 0.3 is 0 Å².